The van der Waals surface area contributed by atoms with E-state index in [1.165, 1.54) is 6.07 Å². The maximum Gasteiger partial charge on any atom is 0.255 e. The molecule has 1 N–H and O–H groups in total. The largest absolute Gasteiger partial charge is 0.321 e. The predicted octanol–water partition coefficient (Wildman–Crippen LogP) is 3.93. The average molecular weight is 351 g/mol. The first-order valence-electron chi connectivity index (χ1n) is 5.65. The summed E-state index contributed by atoms with van der Waals surface area (Å²) in [7, 11) is 0. The Morgan fingerprint density at radius 3 is 2.75 bits per heavy atom. The monoisotopic (exact) mass is 349 g/mol. The summed E-state index contributed by atoms with van der Waals surface area (Å²) in [6, 6.07) is 10.1. The third kappa shape index (κ3) is 3.35. The third-order valence-electron chi connectivity index (χ3n) is 2.53. The Kier molecular flexibility index (Phi) is 4.38. The van der Waals surface area contributed by atoms with Crippen molar-refractivity contribution < 1.29 is 4.79 Å². The SMILES string of the molecule is Cc1cc(C(=O)Nc2ccc(C#N)cc2Br)cc(Cl)n1. The van der Waals surface area contributed by atoms with Crippen LogP contribution in [0, 0.1) is 18.3 Å². The van der Waals surface area contributed by atoms with E-state index >= 15 is 0 Å². The van der Waals surface area contributed by atoms with Crippen LogP contribution in [0.3, 0.4) is 0 Å². The van der Waals surface area contributed by atoms with Gasteiger partial charge in [0, 0.05) is 15.7 Å². The fourth-order valence-corrected chi connectivity index (χ4v) is 2.37. The first kappa shape index (κ1) is 14.5. The number of rotatable bonds is 2. The fourth-order valence-electron chi connectivity index (χ4n) is 1.64. The maximum atomic E-state index is 12.1. The molecule has 0 bridgehead atoms. The number of nitriles is 1. The zero-order chi connectivity index (χ0) is 14.7. The molecule has 0 unspecified atom stereocenters. The molecule has 0 spiro atoms. The molecule has 0 fully saturated rings. The Morgan fingerprint density at radius 2 is 2.15 bits per heavy atom. The Hall–Kier alpha value is -1.90. The van der Waals surface area contributed by atoms with Gasteiger partial charge in [-0.15, -0.1) is 0 Å². The van der Waals surface area contributed by atoms with Gasteiger partial charge >= 0.3 is 0 Å². The molecule has 4 nitrogen and oxygen atoms in total. The number of carbonyl (C=O) groups is 1. The molecule has 0 saturated heterocycles. The molecule has 1 aromatic heterocycles. The van der Waals surface area contributed by atoms with Crippen LogP contribution < -0.4 is 5.32 Å². The summed E-state index contributed by atoms with van der Waals surface area (Å²) in [5.41, 5.74) is 2.19. The highest BCUT2D eigenvalue weighted by molar-refractivity contribution is 9.10. The van der Waals surface area contributed by atoms with E-state index in [0.29, 0.717) is 27.0 Å². The summed E-state index contributed by atoms with van der Waals surface area (Å²) in [6.45, 7) is 1.76. The zero-order valence-corrected chi connectivity index (χ0v) is 12.8. The van der Waals surface area contributed by atoms with Gasteiger partial charge in [-0.25, -0.2) is 4.98 Å². The Morgan fingerprint density at radius 1 is 1.40 bits per heavy atom. The van der Waals surface area contributed by atoms with Gasteiger partial charge in [-0.05, 0) is 53.2 Å². The van der Waals surface area contributed by atoms with Crippen LogP contribution in [0.25, 0.3) is 0 Å². The Labute approximate surface area is 129 Å². The lowest BCUT2D eigenvalue weighted by atomic mass is 10.2. The highest BCUT2D eigenvalue weighted by atomic mass is 79.9. The molecule has 20 heavy (non-hydrogen) atoms. The normalized spacial score (nSPS) is 9.90. The van der Waals surface area contributed by atoms with Gasteiger partial charge in [-0.2, -0.15) is 5.26 Å². The second kappa shape index (κ2) is 6.04. The molecule has 1 aromatic carbocycles. The number of anilines is 1. The lowest BCUT2D eigenvalue weighted by molar-refractivity contribution is 0.102. The molecule has 1 heterocycles. The minimum absolute atomic E-state index is 0.272. The van der Waals surface area contributed by atoms with E-state index in [0.717, 1.165) is 0 Å². The van der Waals surface area contributed by atoms with Crippen molar-refractivity contribution >= 4 is 39.1 Å². The molecule has 1 amide bonds. The van der Waals surface area contributed by atoms with Gasteiger partial charge in [0.1, 0.15) is 5.15 Å². The molecule has 0 aliphatic carbocycles. The Bertz CT molecular complexity index is 705. The number of aromatic nitrogens is 1. The van der Waals surface area contributed by atoms with Crippen LogP contribution >= 0.6 is 27.5 Å². The molecule has 6 heteroatoms. The smallest absolute Gasteiger partial charge is 0.255 e. The standard InChI is InChI=1S/C14H9BrClN3O/c1-8-4-10(6-13(16)18-8)14(20)19-12-3-2-9(7-17)5-11(12)15/h2-6H,1H3,(H,19,20). The Balaban J connectivity index is 2.26. The van der Waals surface area contributed by atoms with Crippen molar-refractivity contribution in [2.45, 2.75) is 6.92 Å². The van der Waals surface area contributed by atoms with Crippen molar-refractivity contribution in [3.05, 3.63) is 56.8 Å². The lowest BCUT2D eigenvalue weighted by Gasteiger charge is -2.08. The predicted molar refractivity (Wildman–Crippen MR) is 80.8 cm³/mol. The van der Waals surface area contributed by atoms with Crippen molar-refractivity contribution in [1.82, 2.24) is 4.98 Å². The second-order valence-corrected chi connectivity index (χ2v) is 5.32. The number of pyridine rings is 1. The van der Waals surface area contributed by atoms with Crippen LogP contribution in [0.5, 0.6) is 0 Å². The summed E-state index contributed by atoms with van der Waals surface area (Å²) in [4.78, 5) is 16.1. The number of amides is 1. The number of halogens is 2. The van der Waals surface area contributed by atoms with E-state index in [9.17, 15) is 4.79 Å². The molecule has 2 rings (SSSR count). The second-order valence-electron chi connectivity index (χ2n) is 4.08. The topological polar surface area (TPSA) is 65.8 Å². The molecule has 0 aliphatic rings. The molecule has 0 atom stereocenters. The number of hydrogen-bond acceptors (Lipinski definition) is 3. The third-order valence-corrected chi connectivity index (χ3v) is 3.38. The molecule has 0 aliphatic heterocycles. The van der Waals surface area contributed by atoms with Crippen LogP contribution in [0.1, 0.15) is 21.6 Å². The summed E-state index contributed by atoms with van der Waals surface area (Å²) in [6.07, 6.45) is 0. The lowest BCUT2D eigenvalue weighted by Crippen LogP contribution is -2.13. The summed E-state index contributed by atoms with van der Waals surface area (Å²) in [5, 5.41) is 11.8. The number of carbonyl (C=O) groups excluding carboxylic acids is 1. The van der Waals surface area contributed by atoms with Gasteiger partial charge in [-0.1, -0.05) is 11.6 Å². The van der Waals surface area contributed by atoms with Crippen molar-refractivity contribution in [2.75, 3.05) is 5.32 Å². The van der Waals surface area contributed by atoms with Gasteiger partial charge in [0.15, 0.2) is 0 Å². The van der Waals surface area contributed by atoms with Crippen LogP contribution in [0.15, 0.2) is 34.8 Å². The van der Waals surface area contributed by atoms with Gasteiger partial charge in [0.25, 0.3) is 5.91 Å². The maximum absolute atomic E-state index is 12.1. The van der Waals surface area contributed by atoms with E-state index in [1.54, 1.807) is 31.2 Å². The zero-order valence-electron chi connectivity index (χ0n) is 10.4. The first-order chi connectivity index (χ1) is 9.49. The first-order valence-corrected chi connectivity index (χ1v) is 6.82. The van der Waals surface area contributed by atoms with E-state index in [-0.39, 0.29) is 11.1 Å². The molecular weight excluding hydrogens is 342 g/mol. The van der Waals surface area contributed by atoms with Crippen LogP contribution in [0.4, 0.5) is 5.69 Å². The summed E-state index contributed by atoms with van der Waals surface area (Å²) < 4.78 is 0.641. The van der Waals surface area contributed by atoms with Gasteiger partial charge in [-0.3, -0.25) is 4.79 Å². The van der Waals surface area contributed by atoms with E-state index in [1.807, 2.05) is 6.07 Å². The average Bonchev–Trinajstić information content (AvgIpc) is 2.39. The summed E-state index contributed by atoms with van der Waals surface area (Å²) >= 11 is 9.15. The highest BCUT2D eigenvalue weighted by Gasteiger charge is 2.10. The quantitative estimate of drug-likeness (QED) is 0.835. The minimum atomic E-state index is -0.289. The van der Waals surface area contributed by atoms with Crippen LogP contribution in [0.2, 0.25) is 5.15 Å². The van der Waals surface area contributed by atoms with Crippen LogP contribution in [-0.2, 0) is 0 Å². The number of nitrogens with zero attached hydrogens (tertiary/aromatic N) is 2. The molecular formula is C14H9BrClN3O. The number of nitrogens with one attached hydrogen (secondary N) is 1. The molecule has 0 saturated carbocycles. The van der Waals surface area contributed by atoms with E-state index in [4.69, 9.17) is 16.9 Å². The van der Waals surface area contributed by atoms with Crippen molar-refractivity contribution in [3.8, 4) is 6.07 Å². The van der Waals surface area contributed by atoms with Crippen LogP contribution in [-0.4, -0.2) is 10.9 Å². The molecule has 100 valence electrons. The van der Waals surface area contributed by atoms with Crippen molar-refractivity contribution in [2.24, 2.45) is 0 Å². The number of hydrogen-bond donors (Lipinski definition) is 1. The number of benzene rings is 1. The minimum Gasteiger partial charge on any atom is -0.321 e. The number of aryl methyl sites for hydroxylation is 1. The molecule has 2 aromatic rings. The van der Waals surface area contributed by atoms with E-state index < -0.39 is 0 Å². The van der Waals surface area contributed by atoms with Gasteiger partial charge in [0.05, 0.1) is 17.3 Å². The molecule has 0 radical (unpaired) electrons. The summed E-state index contributed by atoms with van der Waals surface area (Å²) in [5.74, 6) is -0.289. The van der Waals surface area contributed by atoms with Crippen molar-refractivity contribution in [3.63, 3.8) is 0 Å². The van der Waals surface area contributed by atoms with Crippen molar-refractivity contribution in [1.29, 1.82) is 5.26 Å². The highest BCUT2D eigenvalue weighted by Crippen LogP contribution is 2.24. The van der Waals surface area contributed by atoms with Gasteiger partial charge in [0.2, 0.25) is 0 Å². The fraction of sp³-hybridized carbons (Fsp3) is 0.0714. The van der Waals surface area contributed by atoms with E-state index in [2.05, 4.69) is 26.2 Å². The van der Waals surface area contributed by atoms with Gasteiger partial charge < -0.3 is 5.32 Å².